The lowest BCUT2D eigenvalue weighted by Gasteiger charge is -2.27. The molecule has 0 spiro atoms. The van der Waals surface area contributed by atoms with E-state index in [1.807, 2.05) is 61.5 Å². The molecule has 4 rings (SSSR count). The number of benzene rings is 4. The van der Waals surface area contributed by atoms with E-state index in [4.69, 9.17) is 6.57 Å². The highest BCUT2D eigenvalue weighted by Crippen LogP contribution is 2.35. The zero-order valence-corrected chi connectivity index (χ0v) is 22.2. The summed E-state index contributed by atoms with van der Waals surface area (Å²) in [6.45, 7) is 13.1. The van der Waals surface area contributed by atoms with Crippen molar-refractivity contribution in [3.63, 3.8) is 0 Å². The quantitative estimate of drug-likeness (QED) is 0.212. The van der Waals surface area contributed by atoms with E-state index in [0.29, 0.717) is 13.1 Å². The molecule has 0 radical (unpaired) electrons. The minimum atomic E-state index is -3.88. The summed E-state index contributed by atoms with van der Waals surface area (Å²) in [4.78, 5) is 4.68. The molecule has 1 atom stereocenters. The number of aryl methyl sites for hydroxylation is 1. The van der Waals surface area contributed by atoms with E-state index in [1.54, 1.807) is 31.2 Å². The van der Waals surface area contributed by atoms with Crippen LogP contribution in [0.15, 0.2) is 114 Å². The monoisotopic (exact) mass is 508 g/mol. The third-order valence-electron chi connectivity index (χ3n) is 6.78. The maximum absolute atomic E-state index is 13.7. The Bertz CT molecular complexity index is 1420. The Morgan fingerprint density at radius 2 is 1.30 bits per heavy atom. The number of rotatable bonds is 10. The molecule has 4 aromatic carbocycles. The zero-order valence-electron chi connectivity index (χ0n) is 21.3. The van der Waals surface area contributed by atoms with Crippen molar-refractivity contribution in [3.05, 3.63) is 143 Å². The minimum absolute atomic E-state index is 0.127. The van der Waals surface area contributed by atoms with Crippen LogP contribution < -0.4 is 4.90 Å². The number of hydrogen-bond donors (Lipinski definition) is 0. The molecule has 0 aliphatic heterocycles. The Hall–Kier alpha value is -3.88. The lowest BCUT2D eigenvalue weighted by molar-refractivity contribution is 0.538. The topological polar surface area (TPSA) is 41.7 Å². The first-order valence-electron chi connectivity index (χ1n) is 12.5. The largest absolute Gasteiger partial charge is 0.363 e. The third-order valence-corrected chi connectivity index (χ3v) is 9.19. The van der Waals surface area contributed by atoms with Gasteiger partial charge < -0.3 is 4.90 Å². The first-order chi connectivity index (χ1) is 17.9. The molecule has 4 aromatic rings. The van der Waals surface area contributed by atoms with E-state index in [2.05, 4.69) is 40.1 Å². The van der Waals surface area contributed by atoms with Crippen molar-refractivity contribution in [1.29, 1.82) is 0 Å². The summed E-state index contributed by atoms with van der Waals surface area (Å²) in [5.74, 6) is 0. The van der Waals surface area contributed by atoms with Gasteiger partial charge in [0.05, 0.1) is 11.3 Å². The number of hydrogen-bond acceptors (Lipinski definition) is 3. The molecule has 37 heavy (non-hydrogen) atoms. The molecule has 0 aromatic heterocycles. The summed E-state index contributed by atoms with van der Waals surface area (Å²) in [6.07, 6.45) is 0.330. The lowest BCUT2D eigenvalue weighted by Crippen LogP contribution is -2.37. The zero-order chi connectivity index (χ0) is 26.3. The Kier molecular flexibility index (Phi) is 8.11. The first kappa shape index (κ1) is 26.2. The number of nitrogens with zero attached hydrogens (tertiary/aromatic N) is 2. The Balaban J connectivity index is 1.69. The van der Waals surface area contributed by atoms with Crippen molar-refractivity contribution >= 4 is 15.5 Å². The highest BCUT2D eigenvalue weighted by atomic mass is 32.2. The molecule has 0 aliphatic carbocycles. The maximum atomic E-state index is 13.7. The first-order valence-corrected chi connectivity index (χ1v) is 14.0. The van der Waals surface area contributed by atoms with Crippen LogP contribution in [0.3, 0.4) is 0 Å². The average molecular weight is 509 g/mol. The van der Waals surface area contributed by atoms with Gasteiger partial charge >= 0.3 is 4.87 Å². The molecule has 0 bridgehead atoms. The molecule has 5 heteroatoms. The second-order valence-corrected chi connectivity index (χ2v) is 11.6. The van der Waals surface area contributed by atoms with Crippen molar-refractivity contribution in [3.8, 4) is 0 Å². The van der Waals surface area contributed by atoms with Crippen LogP contribution in [0.1, 0.15) is 35.6 Å². The molecular formula is C32H32N2O2S. The standard InChI is InChI=1S/C32H32N2O2S/c1-4-32(33-3,37(35,36)31-20-18-26(2)19-21-31)23-29-16-11-17-30(22-29)34(24-27-12-7-5-8-13-27)25-28-14-9-6-10-15-28/h5-22H,4,23-25H2,1-2H3. The van der Waals surface area contributed by atoms with Gasteiger partial charge in [-0.15, -0.1) is 0 Å². The predicted molar refractivity (Wildman–Crippen MR) is 151 cm³/mol. The molecule has 0 fully saturated rings. The van der Waals surface area contributed by atoms with E-state index in [0.717, 1.165) is 16.8 Å². The van der Waals surface area contributed by atoms with Crippen molar-refractivity contribution in [2.24, 2.45) is 0 Å². The molecule has 4 nitrogen and oxygen atoms in total. The van der Waals surface area contributed by atoms with Gasteiger partial charge in [-0.3, -0.25) is 4.85 Å². The third kappa shape index (κ3) is 5.93. The highest BCUT2D eigenvalue weighted by Gasteiger charge is 2.50. The molecule has 0 saturated carbocycles. The Morgan fingerprint density at radius 1 is 0.757 bits per heavy atom. The van der Waals surface area contributed by atoms with Crippen LogP contribution in [0, 0.1) is 13.5 Å². The van der Waals surface area contributed by atoms with Crippen LogP contribution in [0.4, 0.5) is 5.69 Å². The summed E-state index contributed by atoms with van der Waals surface area (Å²) >= 11 is 0. The summed E-state index contributed by atoms with van der Waals surface area (Å²) in [7, 11) is -3.88. The van der Waals surface area contributed by atoms with Crippen LogP contribution >= 0.6 is 0 Å². The fourth-order valence-corrected chi connectivity index (χ4v) is 6.34. The second kappa shape index (κ2) is 11.5. The maximum Gasteiger partial charge on any atom is 0.337 e. The number of sulfone groups is 1. The van der Waals surface area contributed by atoms with Gasteiger partial charge in [-0.05, 0) is 47.9 Å². The Morgan fingerprint density at radius 3 is 1.81 bits per heavy atom. The van der Waals surface area contributed by atoms with Crippen molar-refractivity contribution in [2.75, 3.05) is 4.90 Å². The fraction of sp³-hybridized carbons (Fsp3) is 0.219. The summed E-state index contributed by atoms with van der Waals surface area (Å²) in [5, 5.41) is 0. The smallest absolute Gasteiger partial charge is 0.337 e. The average Bonchev–Trinajstić information content (AvgIpc) is 2.93. The SMILES string of the molecule is [C-]#[N+]C(CC)(Cc1cccc(N(Cc2ccccc2)Cc2ccccc2)c1)S(=O)(=O)c1ccc(C)cc1. The van der Waals surface area contributed by atoms with Crippen molar-refractivity contribution in [1.82, 2.24) is 0 Å². The van der Waals surface area contributed by atoms with Gasteiger partial charge in [-0.2, -0.15) is 0 Å². The van der Waals surface area contributed by atoms with Gasteiger partial charge in [0.2, 0.25) is 0 Å². The molecule has 0 saturated heterocycles. The minimum Gasteiger partial charge on any atom is -0.363 e. The van der Waals surface area contributed by atoms with Gasteiger partial charge in [-0.25, -0.2) is 15.0 Å². The van der Waals surface area contributed by atoms with Gasteiger partial charge in [-0.1, -0.05) is 97.4 Å². The second-order valence-electron chi connectivity index (χ2n) is 9.40. The van der Waals surface area contributed by atoms with E-state index in [1.165, 1.54) is 11.1 Å². The van der Waals surface area contributed by atoms with Crippen LogP contribution in [-0.4, -0.2) is 13.3 Å². The molecule has 188 valence electrons. The van der Waals surface area contributed by atoms with Gasteiger partial charge in [0.15, 0.2) is 0 Å². The predicted octanol–water partition coefficient (Wildman–Crippen LogP) is 7.24. The van der Waals surface area contributed by atoms with Crippen LogP contribution in [0.2, 0.25) is 0 Å². The van der Waals surface area contributed by atoms with Crippen LogP contribution in [0.5, 0.6) is 0 Å². The van der Waals surface area contributed by atoms with E-state index in [-0.39, 0.29) is 17.7 Å². The summed E-state index contributed by atoms with van der Waals surface area (Å²) < 4.78 is 27.4. The molecule has 0 aliphatic rings. The summed E-state index contributed by atoms with van der Waals surface area (Å²) in [6, 6.07) is 35.3. The van der Waals surface area contributed by atoms with Gasteiger partial charge in [0, 0.05) is 25.2 Å². The van der Waals surface area contributed by atoms with E-state index >= 15 is 0 Å². The Labute approximate surface area is 221 Å². The molecular weight excluding hydrogens is 476 g/mol. The van der Waals surface area contributed by atoms with Crippen molar-refractivity contribution < 1.29 is 8.42 Å². The molecule has 0 amide bonds. The highest BCUT2D eigenvalue weighted by molar-refractivity contribution is 7.93. The molecule has 0 heterocycles. The fourth-order valence-electron chi connectivity index (χ4n) is 4.55. The van der Waals surface area contributed by atoms with E-state index < -0.39 is 14.7 Å². The van der Waals surface area contributed by atoms with Gasteiger partial charge in [0.25, 0.3) is 9.84 Å². The van der Waals surface area contributed by atoms with E-state index in [9.17, 15) is 8.42 Å². The summed E-state index contributed by atoms with van der Waals surface area (Å²) in [5.41, 5.74) is 5.18. The lowest BCUT2D eigenvalue weighted by atomic mass is 10.0. The van der Waals surface area contributed by atoms with Gasteiger partial charge in [0.1, 0.15) is 0 Å². The van der Waals surface area contributed by atoms with Crippen LogP contribution in [0.25, 0.3) is 4.85 Å². The van der Waals surface area contributed by atoms with Crippen LogP contribution in [-0.2, 0) is 29.3 Å². The molecule has 1 unspecified atom stereocenters. The normalized spacial score (nSPS) is 12.9. The van der Waals surface area contributed by atoms with Crippen molar-refractivity contribution in [2.45, 2.75) is 49.5 Å². The molecule has 0 N–H and O–H groups in total. The number of anilines is 1.